The van der Waals surface area contributed by atoms with Crippen molar-refractivity contribution < 1.29 is 19.2 Å². The maximum absolute atomic E-state index is 14.7. The molecule has 2 aliphatic heterocycles. The van der Waals surface area contributed by atoms with Gasteiger partial charge in [0.15, 0.2) is 0 Å². The Morgan fingerprint density at radius 2 is 0.966 bits per heavy atom. The molecule has 0 aliphatic carbocycles. The number of carbonyl (C=O) groups excluding carboxylic acids is 4. The van der Waals surface area contributed by atoms with Gasteiger partial charge in [-0.25, -0.2) is 4.90 Å². The van der Waals surface area contributed by atoms with Gasteiger partial charge in [0, 0.05) is 33.0 Å². The summed E-state index contributed by atoms with van der Waals surface area (Å²) in [7, 11) is 0. The van der Waals surface area contributed by atoms with Gasteiger partial charge in [0.05, 0.1) is 23.7 Å². The van der Waals surface area contributed by atoms with Crippen molar-refractivity contribution >= 4 is 72.4 Å². The van der Waals surface area contributed by atoms with Crippen LogP contribution in [-0.4, -0.2) is 28.5 Å². The van der Waals surface area contributed by atoms with E-state index < -0.39 is 5.41 Å². The molecule has 7 aromatic carbocycles. The third-order valence-corrected chi connectivity index (χ3v) is 12.3. The summed E-state index contributed by atoms with van der Waals surface area (Å²) in [5.74, 6) is -1.41. The second-order valence-corrected chi connectivity index (χ2v) is 18.8. The Balaban J connectivity index is 1.14. The number of anilines is 1. The summed E-state index contributed by atoms with van der Waals surface area (Å²) in [6.45, 7) is 16.6. The van der Waals surface area contributed by atoms with Crippen molar-refractivity contribution in [3.63, 3.8) is 0 Å². The maximum Gasteiger partial charge on any atom is 0.265 e. The van der Waals surface area contributed by atoms with Gasteiger partial charge in [-0.2, -0.15) is 5.26 Å². The highest BCUT2D eigenvalue weighted by molar-refractivity contribution is 6.43. The number of fused-ring (bicyclic) bond motifs is 2. The lowest BCUT2D eigenvalue weighted by molar-refractivity contribution is 0.0597. The van der Waals surface area contributed by atoms with E-state index in [1.54, 1.807) is 0 Å². The molecule has 0 spiro atoms. The third kappa shape index (κ3) is 5.53. The molecule has 0 saturated carbocycles. The number of carbonyl (C=O) groups is 4. The van der Waals surface area contributed by atoms with E-state index in [1.807, 2.05) is 92.7 Å². The molecular formula is C51H45N3O4. The minimum absolute atomic E-state index is 0.136. The number of imide groups is 2. The Morgan fingerprint density at radius 1 is 0.517 bits per heavy atom. The van der Waals surface area contributed by atoms with Crippen LogP contribution < -0.4 is 4.90 Å². The van der Waals surface area contributed by atoms with Crippen LogP contribution >= 0.6 is 0 Å². The number of nitriles is 1. The first-order valence-electron chi connectivity index (χ1n) is 20.0. The largest absolute Gasteiger partial charge is 0.270 e. The maximum atomic E-state index is 14.7. The number of hydrogen-bond acceptors (Lipinski definition) is 5. The summed E-state index contributed by atoms with van der Waals surface area (Å²) in [5, 5.41) is 15.7. The molecule has 0 bridgehead atoms. The summed E-state index contributed by atoms with van der Waals surface area (Å²) >= 11 is 0. The number of rotatable bonds is 6. The Morgan fingerprint density at radius 3 is 1.40 bits per heavy atom. The number of nitrogens with zero attached hydrogens (tertiary/aromatic N) is 3. The van der Waals surface area contributed by atoms with E-state index in [9.17, 15) is 24.4 Å². The molecule has 0 unspecified atom stereocenters. The molecule has 0 atom stereocenters. The SMILES string of the molecule is CC(C)(C#N)CCc1ccc(CN2C(=O)c3ccc4c5ccc6c7c(ccc(c8ccc(c3c48)C2=O)c75)C(=O)N(c2cc(C(C)(C)C)ccc2C(C)(C)C)C6=O)cc1. The average molecular weight is 764 g/mol. The van der Waals surface area contributed by atoms with E-state index in [1.165, 1.54) is 9.80 Å². The molecule has 0 saturated heterocycles. The predicted molar refractivity (Wildman–Crippen MR) is 231 cm³/mol. The average Bonchev–Trinajstić information content (AvgIpc) is 3.19. The van der Waals surface area contributed by atoms with Gasteiger partial charge in [-0.3, -0.25) is 24.1 Å². The zero-order valence-electron chi connectivity index (χ0n) is 34.3. The van der Waals surface area contributed by atoms with Crippen molar-refractivity contribution in [2.75, 3.05) is 4.90 Å². The Bertz CT molecular complexity index is 2890. The van der Waals surface area contributed by atoms with Crippen LogP contribution in [0.4, 0.5) is 5.69 Å². The van der Waals surface area contributed by atoms with Crippen LogP contribution in [-0.2, 0) is 23.8 Å². The van der Waals surface area contributed by atoms with Gasteiger partial charge in [0.25, 0.3) is 23.6 Å². The number of hydrogen-bond donors (Lipinski definition) is 0. The van der Waals surface area contributed by atoms with E-state index in [0.29, 0.717) is 38.7 Å². The van der Waals surface area contributed by atoms with Crippen molar-refractivity contribution in [1.82, 2.24) is 4.90 Å². The van der Waals surface area contributed by atoms with Crippen LogP contribution in [0.25, 0.3) is 43.1 Å². The molecule has 0 fully saturated rings. The quantitative estimate of drug-likeness (QED) is 0.0954. The van der Waals surface area contributed by atoms with Gasteiger partial charge >= 0.3 is 0 Å². The Labute approximate surface area is 338 Å². The monoisotopic (exact) mass is 763 g/mol. The first-order chi connectivity index (χ1) is 27.4. The summed E-state index contributed by atoms with van der Waals surface area (Å²) in [4.78, 5) is 60.5. The first kappa shape index (κ1) is 37.2. The zero-order valence-corrected chi connectivity index (χ0v) is 34.3. The fraction of sp³-hybridized carbons (Fsp3) is 0.275. The van der Waals surface area contributed by atoms with Gasteiger partial charge in [-0.1, -0.05) is 102 Å². The molecule has 7 aromatic rings. The van der Waals surface area contributed by atoms with E-state index in [4.69, 9.17) is 0 Å². The van der Waals surface area contributed by atoms with Gasteiger partial charge in [0.2, 0.25) is 0 Å². The molecule has 7 heteroatoms. The molecule has 0 radical (unpaired) electrons. The molecule has 58 heavy (non-hydrogen) atoms. The van der Waals surface area contributed by atoms with Crippen molar-refractivity contribution in [3.8, 4) is 6.07 Å². The second-order valence-electron chi connectivity index (χ2n) is 18.8. The fourth-order valence-corrected chi connectivity index (χ4v) is 9.00. The highest BCUT2D eigenvalue weighted by atomic mass is 16.2. The number of benzene rings is 7. The van der Waals surface area contributed by atoms with Crippen LogP contribution in [0.1, 0.15) is 125 Å². The topological polar surface area (TPSA) is 98.6 Å². The summed E-state index contributed by atoms with van der Waals surface area (Å²) in [5.41, 5.74) is 5.41. The summed E-state index contributed by atoms with van der Waals surface area (Å²) in [6.07, 6.45) is 1.50. The smallest absolute Gasteiger partial charge is 0.265 e. The number of aryl methyl sites for hydroxylation is 1. The lowest BCUT2D eigenvalue weighted by Gasteiger charge is -2.34. The second kappa shape index (κ2) is 12.6. The molecule has 0 aromatic heterocycles. The van der Waals surface area contributed by atoms with Crippen LogP contribution in [0.15, 0.2) is 91.0 Å². The minimum Gasteiger partial charge on any atom is -0.270 e. The zero-order chi connectivity index (χ0) is 41.2. The predicted octanol–water partition coefficient (Wildman–Crippen LogP) is 11.4. The van der Waals surface area contributed by atoms with Crippen molar-refractivity contribution in [2.24, 2.45) is 5.41 Å². The van der Waals surface area contributed by atoms with Crippen molar-refractivity contribution in [1.29, 1.82) is 5.26 Å². The molecule has 9 rings (SSSR count). The van der Waals surface area contributed by atoms with E-state index in [0.717, 1.165) is 67.4 Å². The molecule has 288 valence electrons. The van der Waals surface area contributed by atoms with Crippen LogP contribution in [0.3, 0.4) is 0 Å². The van der Waals surface area contributed by atoms with E-state index >= 15 is 0 Å². The number of amides is 4. The fourth-order valence-electron chi connectivity index (χ4n) is 9.00. The summed E-state index contributed by atoms with van der Waals surface area (Å²) in [6, 6.07) is 31.4. The lowest BCUT2D eigenvalue weighted by atomic mass is 9.79. The van der Waals surface area contributed by atoms with Gasteiger partial charge in [0.1, 0.15) is 0 Å². The molecule has 2 aliphatic rings. The molecule has 0 N–H and O–H groups in total. The van der Waals surface area contributed by atoms with Gasteiger partial charge in [-0.05, 0) is 122 Å². The van der Waals surface area contributed by atoms with E-state index in [-0.39, 0.29) is 41.0 Å². The summed E-state index contributed by atoms with van der Waals surface area (Å²) < 4.78 is 0. The Hall–Kier alpha value is -6.39. The third-order valence-electron chi connectivity index (χ3n) is 12.3. The van der Waals surface area contributed by atoms with Crippen LogP contribution in [0.5, 0.6) is 0 Å². The van der Waals surface area contributed by atoms with Crippen LogP contribution in [0, 0.1) is 16.7 Å². The molecule has 7 nitrogen and oxygen atoms in total. The van der Waals surface area contributed by atoms with Gasteiger partial charge < -0.3 is 0 Å². The molecule has 2 heterocycles. The first-order valence-corrected chi connectivity index (χ1v) is 20.0. The standard InChI is InChI=1S/C51H45N3O4/c1-49(2,3)30-13-22-39(50(4,5)6)40(25-30)54-47(57)37-20-16-33-31-14-18-35-43-36(19-15-32(41(31)43)34-17-21-38(48(54)58)44(37)42(33)34)46(56)53(45(35)55)26-29-11-9-28(10-12-29)23-24-51(7,8)27-52/h9-22,25H,23-24,26H2,1-8H3. The van der Waals surface area contributed by atoms with Crippen molar-refractivity contribution in [2.45, 2.75) is 85.6 Å². The van der Waals surface area contributed by atoms with Crippen molar-refractivity contribution in [3.05, 3.63) is 136 Å². The highest BCUT2D eigenvalue weighted by Crippen LogP contribution is 2.47. The minimum atomic E-state index is -0.412. The molecular weight excluding hydrogens is 719 g/mol. The van der Waals surface area contributed by atoms with Crippen LogP contribution in [0.2, 0.25) is 0 Å². The molecule has 4 amide bonds. The van der Waals surface area contributed by atoms with Gasteiger partial charge in [-0.15, -0.1) is 0 Å². The lowest BCUT2D eigenvalue weighted by Crippen LogP contribution is -2.42. The highest BCUT2D eigenvalue weighted by Gasteiger charge is 2.39. The van der Waals surface area contributed by atoms with E-state index in [2.05, 4.69) is 59.7 Å². The normalized spacial score (nSPS) is 14.8. The Kier molecular flexibility index (Phi) is 8.05.